The highest BCUT2D eigenvalue weighted by Gasteiger charge is 2.23. The van der Waals surface area contributed by atoms with E-state index < -0.39 is 0 Å². The predicted octanol–water partition coefficient (Wildman–Crippen LogP) is 1.89. The molecule has 0 aromatic carbocycles. The van der Waals surface area contributed by atoms with Gasteiger partial charge in [-0.25, -0.2) is 4.52 Å². The number of fused-ring (bicyclic) bond motifs is 1. The molecule has 1 atom stereocenters. The van der Waals surface area contributed by atoms with E-state index in [1.807, 2.05) is 29.6 Å². The maximum Gasteiger partial charge on any atom is 0.255 e. The Morgan fingerprint density at radius 2 is 2.00 bits per heavy atom. The third-order valence-electron chi connectivity index (χ3n) is 5.90. The van der Waals surface area contributed by atoms with E-state index in [2.05, 4.69) is 20.5 Å². The van der Waals surface area contributed by atoms with Crippen LogP contribution in [0, 0.1) is 0 Å². The maximum atomic E-state index is 12.9. The van der Waals surface area contributed by atoms with Gasteiger partial charge in [0.05, 0.1) is 17.8 Å². The second-order valence-electron chi connectivity index (χ2n) is 8.11. The Balaban J connectivity index is 1.63. The number of rotatable bonds is 5. The molecule has 1 saturated heterocycles. The Morgan fingerprint density at radius 1 is 1.26 bits per heavy atom. The molecular weight excluding hydrogens is 396 g/mol. The van der Waals surface area contributed by atoms with E-state index in [0.29, 0.717) is 11.2 Å². The van der Waals surface area contributed by atoms with E-state index in [0.717, 1.165) is 43.5 Å². The average molecular weight is 425 g/mol. The summed E-state index contributed by atoms with van der Waals surface area (Å²) in [4.78, 5) is 30.5. The average Bonchev–Trinajstić information content (AvgIpc) is 3.38. The van der Waals surface area contributed by atoms with Crippen molar-refractivity contribution in [3.8, 4) is 11.1 Å². The Kier molecular flexibility index (Phi) is 5.62. The van der Waals surface area contributed by atoms with Crippen molar-refractivity contribution >= 4 is 23.4 Å². The Morgan fingerprint density at radius 3 is 2.68 bits per heavy atom. The van der Waals surface area contributed by atoms with Gasteiger partial charge >= 0.3 is 0 Å². The molecule has 164 valence electrons. The van der Waals surface area contributed by atoms with Crippen molar-refractivity contribution in [2.24, 2.45) is 0 Å². The van der Waals surface area contributed by atoms with Gasteiger partial charge in [0.1, 0.15) is 0 Å². The van der Waals surface area contributed by atoms with E-state index >= 15 is 0 Å². The van der Waals surface area contributed by atoms with Gasteiger partial charge in [-0.2, -0.15) is 10.1 Å². The summed E-state index contributed by atoms with van der Waals surface area (Å²) >= 11 is 0. The number of carbonyl (C=O) groups is 2. The number of nitrogen functional groups attached to an aromatic ring is 1. The first-order chi connectivity index (χ1) is 14.9. The number of hydrogen-bond donors (Lipinski definition) is 2. The second-order valence-corrected chi connectivity index (χ2v) is 8.11. The van der Waals surface area contributed by atoms with Crippen LogP contribution < -0.4 is 11.1 Å². The molecule has 10 heteroatoms. The van der Waals surface area contributed by atoms with E-state index in [1.165, 1.54) is 0 Å². The molecule has 3 aromatic rings. The minimum Gasteiger partial charge on any atom is -0.366 e. The summed E-state index contributed by atoms with van der Waals surface area (Å²) in [5.41, 5.74) is 8.32. The van der Waals surface area contributed by atoms with Crippen LogP contribution in [-0.2, 0) is 4.79 Å². The number of aromatic nitrogens is 5. The SMILES string of the molecule is CC[C@H](C)NC(=O)c1cc(-c2cnn(C3CCN(C(C)=O)CC3)c2)cn2nc(N)nc12. The third kappa shape index (κ3) is 4.23. The zero-order valence-electron chi connectivity index (χ0n) is 18.1. The largest absolute Gasteiger partial charge is 0.366 e. The van der Waals surface area contributed by atoms with Crippen molar-refractivity contribution in [3.63, 3.8) is 0 Å². The number of anilines is 1. The van der Waals surface area contributed by atoms with Gasteiger partial charge in [0, 0.05) is 49.6 Å². The van der Waals surface area contributed by atoms with Crippen LogP contribution in [-0.4, -0.2) is 60.2 Å². The van der Waals surface area contributed by atoms with Crippen LogP contribution in [0.3, 0.4) is 0 Å². The Bertz CT molecular complexity index is 1110. The Hall–Kier alpha value is -3.43. The molecule has 31 heavy (non-hydrogen) atoms. The summed E-state index contributed by atoms with van der Waals surface area (Å²) in [5.74, 6) is 0.0171. The lowest BCUT2D eigenvalue weighted by Gasteiger charge is -2.31. The number of nitrogens with zero attached hydrogens (tertiary/aromatic N) is 6. The summed E-state index contributed by atoms with van der Waals surface area (Å²) in [6.07, 6.45) is 8.12. The quantitative estimate of drug-likeness (QED) is 0.645. The molecule has 0 unspecified atom stereocenters. The molecular formula is C21H28N8O2. The van der Waals surface area contributed by atoms with Gasteiger partial charge in [-0.05, 0) is 32.3 Å². The van der Waals surface area contributed by atoms with Gasteiger partial charge in [0.25, 0.3) is 5.91 Å². The number of carbonyl (C=O) groups excluding carboxylic acids is 2. The summed E-state index contributed by atoms with van der Waals surface area (Å²) < 4.78 is 3.49. The fraction of sp³-hybridized carbons (Fsp3) is 0.476. The van der Waals surface area contributed by atoms with Crippen molar-refractivity contribution in [2.45, 2.75) is 52.1 Å². The molecule has 0 aliphatic carbocycles. The van der Waals surface area contributed by atoms with Crippen LogP contribution in [0.5, 0.6) is 0 Å². The van der Waals surface area contributed by atoms with Crippen LogP contribution in [0.2, 0.25) is 0 Å². The van der Waals surface area contributed by atoms with Crippen LogP contribution >= 0.6 is 0 Å². The first-order valence-electron chi connectivity index (χ1n) is 10.6. The summed E-state index contributed by atoms with van der Waals surface area (Å²) in [7, 11) is 0. The molecule has 1 fully saturated rings. The normalized spacial score (nSPS) is 15.9. The lowest BCUT2D eigenvalue weighted by atomic mass is 10.0. The number of nitrogens with one attached hydrogen (secondary N) is 1. The Labute approximate surface area is 180 Å². The predicted molar refractivity (Wildman–Crippen MR) is 116 cm³/mol. The van der Waals surface area contributed by atoms with Crippen molar-refractivity contribution in [3.05, 3.63) is 30.2 Å². The lowest BCUT2D eigenvalue weighted by molar-refractivity contribution is -0.130. The van der Waals surface area contributed by atoms with E-state index in [1.54, 1.807) is 29.9 Å². The topological polar surface area (TPSA) is 123 Å². The summed E-state index contributed by atoms with van der Waals surface area (Å²) in [5, 5.41) is 11.7. The molecule has 3 aromatic heterocycles. The van der Waals surface area contributed by atoms with Crippen LogP contribution in [0.15, 0.2) is 24.7 Å². The first-order valence-corrected chi connectivity index (χ1v) is 10.6. The number of hydrogen-bond acceptors (Lipinski definition) is 6. The van der Waals surface area contributed by atoms with Gasteiger partial charge < -0.3 is 16.0 Å². The number of pyridine rings is 1. The molecule has 0 spiro atoms. The third-order valence-corrected chi connectivity index (χ3v) is 5.90. The molecule has 3 N–H and O–H groups in total. The monoisotopic (exact) mass is 424 g/mol. The van der Waals surface area contributed by atoms with E-state index in [4.69, 9.17) is 5.73 Å². The minimum atomic E-state index is -0.211. The van der Waals surface area contributed by atoms with Crippen molar-refractivity contribution in [2.75, 3.05) is 18.8 Å². The molecule has 10 nitrogen and oxygen atoms in total. The zero-order chi connectivity index (χ0) is 22.1. The lowest BCUT2D eigenvalue weighted by Crippen LogP contribution is -2.37. The van der Waals surface area contributed by atoms with Crippen LogP contribution in [0.4, 0.5) is 5.95 Å². The van der Waals surface area contributed by atoms with E-state index in [-0.39, 0.29) is 29.8 Å². The standard InChI is InChI=1S/C21H28N8O2/c1-4-13(2)24-20(31)18-9-15(11-29-19(18)25-21(22)26-29)16-10-23-28(12-16)17-5-7-27(8-6-17)14(3)30/h9-13,17H,4-8H2,1-3H3,(H2,22,26)(H,24,31)/t13-/m0/s1. The van der Waals surface area contributed by atoms with Crippen molar-refractivity contribution in [1.29, 1.82) is 0 Å². The molecule has 0 saturated carbocycles. The van der Waals surface area contributed by atoms with Gasteiger partial charge in [-0.15, -0.1) is 5.10 Å². The number of likely N-dealkylation sites (tertiary alicyclic amines) is 1. The number of piperidine rings is 1. The molecule has 4 heterocycles. The minimum absolute atomic E-state index is 0.0418. The van der Waals surface area contributed by atoms with Gasteiger partial charge in [0.15, 0.2) is 5.65 Å². The van der Waals surface area contributed by atoms with Gasteiger partial charge in [-0.1, -0.05) is 6.92 Å². The molecule has 1 aliphatic rings. The van der Waals surface area contributed by atoms with Crippen LogP contribution in [0.1, 0.15) is 56.4 Å². The number of amides is 2. The first kappa shape index (κ1) is 20.8. The fourth-order valence-electron chi connectivity index (χ4n) is 3.86. The molecule has 0 radical (unpaired) electrons. The molecule has 1 aliphatic heterocycles. The summed E-state index contributed by atoms with van der Waals surface area (Å²) in [6.45, 7) is 7.05. The molecule has 0 bridgehead atoms. The second kappa shape index (κ2) is 8.37. The highest BCUT2D eigenvalue weighted by molar-refractivity contribution is 6.01. The fourth-order valence-corrected chi connectivity index (χ4v) is 3.86. The summed E-state index contributed by atoms with van der Waals surface area (Å²) in [6, 6.07) is 2.09. The van der Waals surface area contributed by atoms with E-state index in [9.17, 15) is 9.59 Å². The maximum absolute atomic E-state index is 12.9. The van der Waals surface area contributed by atoms with Gasteiger partial charge in [-0.3, -0.25) is 14.3 Å². The van der Waals surface area contributed by atoms with Crippen LogP contribution in [0.25, 0.3) is 16.8 Å². The van der Waals surface area contributed by atoms with Crippen molar-refractivity contribution in [1.82, 2.24) is 34.6 Å². The number of nitrogens with two attached hydrogens (primary N) is 1. The van der Waals surface area contributed by atoms with Crippen molar-refractivity contribution < 1.29 is 9.59 Å². The molecule has 4 rings (SSSR count). The highest BCUT2D eigenvalue weighted by atomic mass is 16.2. The smallest absolute Gasteiger partial charge is 0.255 e. The highest BCUT2D eigenvalue weighted by Crippen LogP contribution is 2.27. The van der Waals surface area contributed by atoms with Gasteiger partial charge in [0.2, 0.25) is 11.9 Å². The molecule has 2 amide bonds. The zero-order valence-corrected chi connectivity index (χ0v) is 18.1.